The first kappa shape index (κ1) is 11.8. The van der Waals surface area contributed by atoms with Crippen LogP contribution in [0.1, 0.15) is 37.0 Å². The van der Waals surface area contributed by atoms with Crippen LogP contribution in [0.15, 0.2) is 12.4 Å². The molecule has 1 aromatic rings. The third kappa shape index (κ3) is 2.72. The second-order valence-electron chi connectivity index (χ2n) is 5.23. The molecule has 0 radical (unpaired) electrons. The molecule has 2 rings (SSSR count). The first-order chi connectivity index (χ1) is 7.98. The van der Waals surface area contributed by atoms with Crippen LogP contribution in [0, 0.1) is 5.41 Å². The highest BCUT2D eigenvalue weighted by Gasteiger charge is 2.26. The van der Waals surface area contributed by atoms with Gasteiger partial charge in [-0.15, -0.1) is 0 Å². The van der Waals surface area contributed by atoms with E-state index in [1.165, 1.54) is 12.4 Å². The molecule has 2 heterocycles. The van der Waals surface area contributed by atoms with Crippen molar-refractivity contribution in [3.8, 4) is 0 Å². The molecule has 1 saturated heterocycles. The van der Waals surface area contributed by atoms with Gasteiger partial charge in [-0.3, -0.25) is 0 Å². The molecule has 0 aromatic carbocycles. The fraction of sp³-hybridized carbons (Fsp3) is 0.583. The number of carboxylic acid groups (broad SMARTS) is 1. The van der Waals surface area contributed by atoms with Gasteiger partial charge in [-0.1, -0.05) is 13.8 Å². The molecule has 0 unspecified atom stereocenters. The van der Waals surface area contributed by atoms with Crippen LogP contribution < -0.4 is 4.90 Å². The lowest BCUT2D eigenvalue weighted by Crippen LogP contribution is -2.38. The van der Waals surface area contributed by atoms with E-state index in [2.05, 4.69) is 28.7 Å². The monoisotopic (exact) mass is 235 g/mol. The van der Waals surface area contributed by atoms with Crippen LogP contribution in [-0.4, -0.2) is 34.1 Å². The quantitative estimate of drug-likeness (QED) is 0.846. The highest BCUT2D eigenvalue weighted by molar-refractivity contribution is 5.86. The summed E-state index contributed by atoms with van der Waals surface area (Å²) in [5, 5.41) is 8.76. The zero-order valence-corrected chi connectivity index (χ0v) is 10.2. The van der Waals surface area contributed by atoms with Gasteiger partial charge in [-0.2, -0.15) is 0 Å². The zero-order chi connectivity index (χ0) is 12.5. The second-order valence-corrected chi connectivity index (χ2v) is 5.23. The predicted octanol–water partition coefficient (Wildman–Crippen LogP) is 1.80. The number of aromatic carboxylic acids is 1. The van der Waals surface area contributed by atoms with Gasteiger partial charge in [0.2, 0.25) is 5.95 Å². The molecule has 17 heavy (non-hydrogen) atoms. The van der Waals surface area contributed by atoms with Gasteiger partial charge in [0.25, 0.3) is 0 Å². The lowest BCUT2D eigenvalue weighted by atomic mass is 9.83. The van der Waals surface area contributed by atoms with Crippen LogP contribution in [0.2, 0.25) is 0 Å². The fourth-order valence-electron chi connectivity index (χ4n) is 1.91. The molecule has 5 heteroatoms. The van der Waals surface area contributed by atoms with Crippen molar-refractivity contribution < 1.29 is 9.90 Å². The SMILES string of the molecule is CC1(C)CCN(c2ncc(C(=O)O)cn2)CC1. The molecule has 1 N–H and O–H groups in total. The summed E-state index contributed by atoms with van der Waals surface area (Å²) in [7, 11) is 0. The Bertz CT molecular complexity index is 404. The van der Waals surface area contributed by atoms with Crippen LogP contribution >= 0.6 is 0 Å². The maximum absolute atomic E-state index is 10.7. The summed E-state index contributed by atoms with van der Waals surface area (Å²) in [6.07, 6.45) is 4.95. The molecule has 5 nitrogen and oxygen atoms in total. The van der Waals surface area contributed by atoms with Crippen molar-refractivity contribution in [1.29, 1.82) is 0 Å². The Morgan fingerprint density at radius 2 is 1.82 bits per heavy atom. The minimum absolute atomic E-state index is 0.131. The Hall–Kier alpha value is -1.65. The molecule has 0 amide bonds. The third-order valence-electron chi connectivity index (χ3n) is 3.28. The number of nitrogens with zero attached hydrogens (tertiary/aromatic N) is 3. The highest BCUT2D eigenvalue weighted by atomic mass is 16.4. The van der Waals surface area contributed by atoms with Gasteiger partial charge in [0.05, 0.1) is 5.56 Å². The number of carbonyl (C=O) groups is 1. The number of aromatic nitrogens is 2. The Morgan fingerprint density at radius 1 is 1.29 bits per heavy atom. The lowest BCUT2D eigenvalue weighted by Gasteiger charge is -2.36. The fourth-order valence-corrected chi connectivity index (χ4v) is 1.91. The summed E-state index contributed by atoms with van der Waals surface area (Å²) in [5.41, 5.74) is 0.517. The van der Waals surface area contributed by atoms with Crippen molar-refractivity contribution >= 4 is 11.9 Å². The van der Waals surface area contributed by atoms with E-state index >= 15 is 0 Å². The Labute approximate surface area is 100 Å². The van der Waals surface area contributed by atoms with Crippen molar-refractivity contribution in [2.45, 2.75) is 26.7 Å². The maximum Gasteiger partial charge on any atom is 0.338 e. The van der Waals surface area contributed by atoms with Crippen molar-refractivity contribution in [3.05, 3.63) is 18.0 Å². The third-order valence-corrected chi connectivity index (χ3v) is 3.28. The molecule has 1 aromatic heterocycles. The second kappa shape index (κ2) is 4.31. The van der Waals surface area contributed by atoms with Crippen LogP contribution in [0.3, 0.4) is 0 Å². The van der Waals surface area contributed by atoms with E-state index in [1.54, 1.807) is 0 Å². The summed E-state index contributed by atoms with van der Waals surface area (Å²) < 4.78 is 0. The van der Waals surface area contributed by atoms with Gasteiger partial charge in [0.15, 0.2) is 0 Å². The van der Waals surface area contributed by atoms with Gasteiger partial charge in [-0.05, 0) is 18.3 Å². The molecular weight excluding hydrogens is 218 g/mol. The molecule has 1 aliphatic heterocycles. The van der Waals surface area contributed by atoms with Crippen LogP contribution in [-0.2, 0) is 0 Å². The number of anilines is 1. The van der Waals surface area contributed by atoms with Gasteiger partial charge in [0.1, 0.15) is 0 Å². The molecule has 0 bridgehead atoms. The molecule has 1 aliphatic rings. The number of piperidine rings is 1. The first-order valence-electron chi connectivity index (χ1n) is 5.78. The minimum atomic E-state index is -0.990. The summed E-state index contributed by atoms with van der Waals surface area (Å²) in [4.78, 5) is 21.0. The average molecular weight is 235 g/mol. The number of rotatable bonds is 2. The molecule has 0 aliphatic carbocycles. The minimum Gasteiger partial charge on any atom is -0.478 e. The van der Waals surface area contributed by atoms with Crippen LogP contribution in [0.25, 0.3) is 0 Å². The molecular formula is C12H17N3O2. The maximum atomic E-state index is 10.7. The normalized spacial score (nSPS) is 19.1. The van der Waals surface area contributed by atoms with E-state index in [1.807, 2.05) is 0 Å². The van der Waals surface area contributed by atoms with E-state index in [9.17, 15) is 4.79 Å². The number of hydrogen-bond donors (Lipinski definition) is 1. The topological polar surface area (TPSA) is 66.3 Å². The lowest BCUT2D eigenvalue weighted by molar-refractivity contribution is 0.0696. The zero-order valence-electron chi connectivity index (χ0n) is 10.2. The van der Waals surface area contributed by atoms with Crippen molar-refractivity contribution in [3.63, 3.8) is 0 Å². The van der Waals surface area contributed by atoms with Crippen LogP contribution in [0.5, 0.6) is 0 Å². The average Bonchev–Trinajstić information content (AvgIpc) is 2.29. The van der Waals surface area contributed by atoms with Gasteiger partial charge in [0, 0.05) is 25.5 Å². The van der Waals surface area contributed by atoms with Crippen molar-refractivity contribution in [2.75, 3.05) is 18.0 Å². The smallest absolute Gasteiger partial charge is 0.338 e. The largest absolute Gasteiger partial charge is 0.478 e. The van der Waals surface area contributed by atoms with E-state index in [4.69, 9.17) is 5.11 Å². The van der Waals surface area contributed by atoms with Gasteiger partial charge < -0.3 is 10.0 Å². The molecule has 1 fully saturated rings. The Kier molecular flexibility index (Phi) is 3.00. The Morgan fingerprint density at radius 3 is 2.29 bits per heavy atom. The van der Waals surface area contributed by atoms with E-state index in [0.29, 0.717) is 11.4 Å². The summed E-state index contributed by atoms with van der Waals surface area (Å²) >= 11 is 0. The summed E-state index contributed by atoms with van der Waals surface area (Å²) in [5.74, 6) is -0.359. The molecule has 0 spiro atoms. The molecule has 0 atom stereocenters. The predicted molar refractivity (Wildman–Crippen MR) is 64.2 cm³/mol. The van der Waals surface area contributed by atoms with Gasteiger partial charge in [-0.25, -0.2) is 14.8 Å². The van der Waals surface area contributed by atoms with Gasteiger partial charge >= 0.3 is 5.97 Å². The standard InChI is InChI=1S/C12H17N3O2/c1-12(2)3-5-15(6-4-12)11-13-7-9(8-14-11)10(16)17/h7-8H,3-6H2,1-2H3,(H,16,17). The Balaban J connectivity index is 2.06. The summed E-state index contributed by atoms with van der Waals surface area (Å²) in [6, 6.07) is 0. The number of carboxylic acids is 1. The van der Waals surface area contributed by atoms with E-state index < -0.39 is 5.97 Å². The molecule has 0 saturated carbocycles. The van der Waals surface area contributed by atoms with E-state index in [-0.39, 0.29) is 5.56 Å². The molecule has 92 valence electrons. The summed E-state index contributed by atoms with van der Waals surface area (Å²) in [6.45, 7) is 6.39. The van der Waals surface area contributed by atoms with Crippen LogP contribution in [0.4, 0.5) is 5.95 Å². The highest BCUT2D eigenvalue weighted by Crippen LogP contribution is 2.30. The van der Waals surface area contributed by atoms with Crippen molar-refractivity contribution in [2.24, 2.45) is 5.41 Å². The number of hydrogen-bond acceptors (Lipinski definition) is 4. The first-order valence-corrected chi connectivity index (χ1v) is 5.78. The van der Waals surface area contributed by atoms with Crippen molar-refractivity contribution in [1.82, 2.24) is 9.97 Å². The van der Waals surface area contributed by atoms with E-state index in [0.717, 1.165) is 25.9 Å².